The van der Waals surface area contributed by atoms with Crippen LogP contribution in [0.1, 0.15) is 18.9 Å². The Balaban J connectivity index is 1.63. The number of benzene rings is 1. The number of methoxy groups -OCH3 is 1. The summed E-state index contributed by atoms with van der Waals surface area (Å²) in [5, 5.41) is 16.0. The highest BCUT2D eigenvalue weighted by Gasteiger charge is 2.09. The zero-order chi connectivity index (χ0) is 19.1. The standard InChI is InChI=1S/C19H19N3O3S2/c1-3-9-25-15-6-4-13(11-16(15)24-2)5-7-17(23)20-19-22-21-18(27-19)14-8-10-26-12-14/h4-8,10-12H,3,9H2,1-2H3,(H,20,22,23). The minimum atomic E-state index is -0.270. The predicted octanol–water partition coefficient (Wildman–Crippen LogP) is 4.72. The van der Waals surface area contributed by atoms with Gasteiger partial charge < -0.3 is 9.47 Å². The van der Waals surface area contributed by atoms with Gasteiger partial charge in [0.15, 0.2) is 11.5 Å². The van der Waals surface area contributed by atoms with Crippen LogP contribution in [0, 0.1) is 0 Å². The molecule has 0 unspecified atom stereocenters. The van der Waals surface area contributed by atoms with Gasteiger partial charge in [-0.2, -0.15) is 11.3 Å². The molecule has 1 amide bonds. The first kappa shape index (κ1) is 19.1. The largest absolute Gasteiger partial charge is 0.493 e. The summed E-state index contributed by atoms with van der Waals surface area (Å²) in [5.41, 5.74) is 1.84. The van der Waals surface area contributed by atoms with Gasteiger partial charge in [0.25, 0.3) is 0 Å². The third kappa shape index (κ3) is 5.15. The Hall–Kier alpha value is -2.71. The number of nitrogens with zero attached hydrogens (tertiary/aromatic N) is 2. The van der Waals surface area contributed by atoms with E-state index in [9.17, 15) is 4.79 Å². The van der Waals surface area contributed by atoms with Crippen molar-refractivity contribution in [3.63, 3.8) is 0 Å². The molecule has 0 fully saturated rings. The fourth-order valence-corrected chi connectivity index (χ4v) is 3.67. The maximum Gasteiger partial charge on any atom is 0.250 e. The zero-order valence-corrected chi connectivity index (χ0v) is 16.6. The number of anilines is 1. The van der Waals surface area contributed by atoms with E-state index in [1.807, 2.05) is 41.9 Å². The molecule has 0 aliphatic carbocycles. The van der Waals surface area contributed by atoms with Crippen molar-refractivity contribution in [2.45, 2.75) is 13.3 Å². The van der Waals surface area contributed by atoms with Crippen molar-refractivity contribution in [3.8, 4) is 22.1 Å². The van der Waals surface area contributed by atoms with E-state index in [0.29, 0.717) is 23.2 Å². The van der Waals surface area contributed by atoms with Gasteiger partial charge in [-0.05, 0) is 41.6 Å². The van der Waals surface area contributed by atoms with Gasteiger partial charge in [0, 0.05) is 17.0 Å². The predicted molar refractivity (Wildman–Crippen MR) is 110 cm³/mol. The van der Waals surface area contributed by atoms with E-state index in [1.54, 1.807) is 24.5 Å². The molecule has 3 aromatic rings. The number of thiophene rings is 1. The van der Waals surface area contributed by atoms with Gasteiger partial charge in [-0.3, -0.25) is 10.1 Å². The molecule has 8 heteroatoms. The molecule has 140 valence electrons. The average Bonchev–Trinajstić information content (AvgIpc) is 3.36. The summed E-state index contributed by atoms with van der Waals surface area (Å²) in [4.78, 5) is 12.1. The van der Waals surface area contributed by atoms with Gasteiger partial charge in [-0.15, -0.1) is 10.2 Å². The number of amides is 1. The molecule has 3 rings (SSSR count). The van der Waals surface area contributed by atoms with Gasteiger partial charge in [0.1, 0.15) is 5.01 Å². The molecule has 0 saturated heterocycles. The van der Waals surface area contributed by atoms with Gasteiger partial charge in [-0.1, -0.05) is 24.3 Å². The minimum absolute atomic E-state index is 0.270. The molecule has 0 spiro atoms. The van der Waals surface area contributed by atoms with E-state index in [2.05, 4.69) is 15.5 Å². The number of aromatic nitrogens is 2. The van der Waals surface area contributed by atoms with Crippen molar-refractivity contribution >= 4 is 39.8 Å². The number of carbonyl (C=O) groups is 1. The molecule has 6 nitrogen and oxygen atoms in total. The first-order valence-electron chi connectivity index (χ1n) is 8.35. The molecule has 0 bridgehead atoms. The van der Waals surface area contributed by atoms with Crippen LogP contribution in [-0.4, -0.2) is 29.8 Å². The van der Waals surface area contributed by atoms with Crippen molar-refractivity contribution in [1.82, 2.24) is 10.2 Å². The van der Waals surface area contributed by atoms with Gasteiger partial charge in [0.2, 0.25) is 11.0 Å². The quantitative estimate of drug-likeness (QED) is 0.553. The van der Waals surface area contributed by atoms with Crippen molar-refractivity contribution < 1.29 is 14.3 Å². The first-order chi connectivity index (χ1) is 13.2. The molecule has 0 aliphatic rings. The molecule has 0 atom stereocenters. The number of hydrogen-bond donors (Lipinski definition) is 1. The maximum absolute atomic E-state index is 12.1. The summed E-state index contributed by atoms with van der Waals surface area (Å²) < 4.78 is 11.0. The second kappa shape index (κ2) is 9.29. The normalized spacial score (nSPS) is 10.9. The molecule has 0 radical (unpaired) electrons. The molecular weight excluding hydrogens is 382 g/mol. The first-order valence-corrected chi connectivity index (χ1v) is 10.1. The summed E-state index contributed by atoms with van der Waals surface area (Å²) in [5.74, 6) is 1.06. The fraction of sp³-hybridized carbons (Fsp3) is 0.211. The van der Waals surface area contributed by atoms with Gasteiger partial charge >= 0.3 is 0 Å². The van der Waals surface area contributed by atoms with Gasteiger partial charge in [0.05, 0.1) is 13.7 Å². The lowest BCUT2D eigenvalue weighted by Crippen LogP contribution is -2.07. The smallest absolute Gasteiger partial charge is 0.250 e. The Bertz CT molecular complexity index is 920. The fourth-order valence-electron chi connectivity index (χ4n) is 2.21. The molecule has 27 heavy (non-hydrogen) atoms. The molecule has 1 aromatic carbocycles. The van der Waals surface area contributed by atoms with Crippen LogP contribution in [-0.2, 0) is 4.79 Å². The molecule has 0 aliphatic heterocycles. The molecule has 2 heterocycles. The third-order valence-electron chi connectivity index (χ3n) is 3.50. The van der Waals surface area contributed by atoms with Crippen molar-refractivity contribution in [3.05, 3.63) is 46.7 Å². The topological polar surface area (TPSA) is 73.3 Å². The highest BCUT2D eigenvalue weighted by atomic mass is 32.1. The number of nitrogens with one attached hydrogen (secondary N) is 1. The van der Waals surface area contributed by atoms with Crippen LogP contribution in [0.15, 0.2) is 41.1 Å². The SMILES string of the molecule is CCCOc1ccc(C=CC(=O)Nc2nnc(-c3ccsc3)s2)cc1OC. The summed E-state index contributed by atoms with van der Waals surface area (Å²) in [6, 6.07) is 7.51. The van der Waals surface area contributed by atoms with E-state index in [1.165, 1.54) is 17.4 Å². The van der Waals surface area contributed by atoms with E-state index >= 15 is 0 Å². The van der Waals surface area contributed by atoms with Crippen LogP contribution in [0.4, 0.5) is 5.13 Å². The summed E-state index contributed by atoms with van der Waals surface area (Å²) in [6.45, 7) is 2.67. The van der Waals surface area contributed by atoms with Crippen LogP contribution in [0.25, 0.3) is 16.6 Å². The van der Waals surface area contributed by atoms with E-state index < -0.39 is 0 Å². The second-order valence-corrected chi connectivity index (χ2v) is 7.26. The molecule has 1 N–H and O–H groups in total. The van der Waals surface area contributed by atoms with Gasteiger partial charge in [-0.25, -0.2) is 0 Å². The van der Waals surface area contributed by atoms with Crippen LogP contribution < -0.4 is 14.8 Å². The Morgan fingerprint density at radius 2 is 2.15 bits per heavy atom. The average molecular weight is 402 g/mol. The Morgan fingerprint density at radius 1 is 1.26 bits per heavy atom. The number of carbonyl (C=O) groups excluding carboxylic acids is 1. The van der Waals surface area contributed by atoms with E-state index in [4.69, 9.17) is 9.47 Å². The van der Waals surface area contributed by atoms with Crippen molar-refractivity contribution in [2.75, 3.05) is 19.0 Å². The number of rotatable bonds is 8. The van der Waals surface area contributed by atoms with E-state index in [0.717, 1.165) is 22.6 Å². The summed E-state index contributed by atoms with van der Waals surface area (Å²) in [6.07, 6.45) is 4.08. The second-order valence-electron chi connectivity index (χ2n) is 5.51. The van der Waals surface area contributed by atoms with E-state index in [-0.39, 0.29) is 5.91 Å². The zero-order valence-electron chi connectivity index (χ0n) is 15.0. The third-order valence-corrected chi connectivity index (χ3v) is 5.07. The van der Waals surface area contributed by atoms with Crippen LogP contribution in [0.5, 0.6) is 11.5 Å². The van der Waals surface area contributed by atoms with Crippen molar-refractivity contribution in [2.24, 2.45) is 0 Å². The Morgan fingerprint density at radius 3 is 2.89 bits per heavy atom. The summed E-state index contributed by atoms with van der Waals surface area (Å²) in [7, 11) is 1.59. The highest BCUT2D eigenvalue weighted by Crippen LogP contribution is 2.29. The lowest BCUT2D eigenvalue weighted by molar-refractivity contribution is -0.111. The lowest BCUT2D eigenvalue weighted by atomic mass is 10.2. The molecular formula is C19H19N3O3S2. The highest BCUT2D eigenvalue weighted by molar-refractivity contribution is 7.19. The molecule has 2 aromatic heterocycles. The van der Waals surface area contributed by atoms with Crippen LogP contribution in [0.2, 0.25) is 0 Å². The maximum atomic E-state index is 12.1. The lowest BCUT2D eigenvalue weighted by Gasteiger charge is -2.10. The minimum Gasteiger partial charge on any atom is -0.493 e. The monoisotopic (exact) mass is 401 g/mol. The van der Waals surface area contributed by atoms with Crippen LogP contribution in [0.3, 0.4) is 0 Å². The summed E-state index contributed by atoms with van der Waals surface area (Å²) >= 11 is 2.93. The number of ether oxygens (including phenoxy) is 2. The molecule has 0 saturated carbocycles. The van der Waals surface area contributed by atoms with Crippen molar-refractivity contribution in [1.29, 1.82) is 0 Å². The number of hydrogen-bond acceptors (Lipinski definition) is 7. The van der Waals surface area contributed by atoms with Crippen LogP contribution >= 0.6 is 22.7 Å². The Labute approximate surface area is 165 Å². The Kier molecular flexibility index (Phi) is 6.56.